The van der Waals surface area contributed by atoms with Crippen molar-refractivity contribution in [1.82, 2.24) is 19.5 Å². The second-order valence-corrected chi connectivity index (χ2v) is 9.13. The zero-order valence-corrected chi connectivity index (χ0v) is 19.6. The van der Waals surface area contributed by atoms with Crippen LogP contribution in [0.25, 0.3) is 11.2 Å². The van der Waals surface area contributed by atoms with E-state index in [1.54, 1.807) is 0 Å². The maximum atomic E-state index is 10.3. The van der Waals surface area contributed by atoms with Crippen molar-refractivity contribution < 1.29 is 50.0 Å². The van der Waals surface area contributed by atoms with Crippen LogP contribution in [0.2, 0.25) is 0 Å². The minimum absolute atomic E-state index is 0.00121. The van der Waals surface area contributed by atoms with E-state index in [0.29, 0.717) is 29.9 Å². The maximum Gasteiger partial charge on any atom is 0.186 e. The van der Waals surface area contributed by atoms with Crippen molar-refractivity contribution in [2.24, 2.45) is 5.92 Å². The second-order valence-electron chi connectivity index (χ2n) is 9.13. The van der Waals surface area contributed by atoms with Crippen molar-refractivity contribution in [2.45, 2.75) is 68.6 Å². The van der Waals surface area contributed by atoms with Gasteiger partial charge in [0.2, 0.25) is 0 Å². The number of imidazole rings is 1. The number of hydrogen-bond acceptors (Lipinski definition) is 14. The van der Waals surface area contributed by atoms with E-state index in [0.717, 1.165) is 0 Å². The third-order valence-corrected chi connectivity index (χ3v) is 6.47. The highest BCUT2D eigenvalue weighted by Gasteiger charge is 2.45. The highest BCUT2D eigenvalue weighted by molar-refractivity contribution is 5.82. The van der Waals surface area contributed by atoms with E-state index in [9.17, 15) is 35.7 Å². The lowest BCUT2D eigenvalue weighted by Gasteiger charge is -2.39. The fourth-order valence-electron chi connectivity index (χ4n) is 4.26. The van der Waals surface area contributed by atoms with Gasteiger partial charge in [0.05, 0.1) is 26.1 Å². The lowest BCUT2D eigenvalue weighted by Crippen LogP contribution is -2.59. The summed E-state index contributed by atoms with van der Waals surface area (Å²) in [5.41, 5.74) is 0.807. The van der Waals surface area contributed by atoms with Gasteiger partial charge in [-0.2, -0.15) is 0 Å². The Bertz CT molecular complexity index is 995. The smallest absolute Gasteiger partial charge is 0.186 e. The minimum Gasteiger partial charge on any atom is -0.394 e. The summed E-state index contributed by atoms with van der Waals surface area (Å²) in [6.07, 6.45) is -7.63. The number of aromatic nitrogens is 4. The molecule has 0 radical (unpaired) electrons. The fourth-order valence-corrected chi connectivity index (χ4v) is 4.26. The highest BCUT2D eigenvalue weighted by Crippen LogP contribution is 2.32. The van der Waals surface area contributed by atoms with Crippen LogP contribution >= 0.6 is 0 Å². The zero-order chi connectivity index (χ0) is 26.0. The van der Waals surface area contributed by atoms with Crippen LogP contribution in [0.1, 0.15) is 19.6 Å². The van der Waals surface area contributed by atoms with Crippen LogP contribution in [0.5, 0.6) is 0 Å². The lowest BCUT2D eigenvalue weighted by molar-refractivity contribution is -0.303. The summed E-state index contributed by atoms with van der Waals surface area (Å²) in [6, 6.07) is 0. The van der Waals surface area contributed by atoms with E-state index >= 15 is 0 Å². The van der Waals surface area contributed by atoms with Gasteiger partial charge in [-0.05, 0) is 12.3 Å². The number of aliphatic hydroxyl groups excluding tert-OH is 7. The molecule has 0 saturated carbocycles. The summed E-state index contributed by atoms with van der Waals surface area (Å²) in [4.78, 5) is 12.7. The Morgan fingerprint density at radius 1 is 0.944 bits per heavy atom. The molecule has 36 heavy (non-hydrogen) atoms. The van der Waals surface area contributed by atoms with Crippen molar-refractivity contribution in [1.29, 1.82) is 0 Å². The first-order valence-electron chi connectivity index (χ1n) is 11.7. The lowest BCUT2D eigenvalue weighted by atomic mass is 9.99. The van der Waals surface area contributed by atoms with Gasteiger partial charge in [-0.1, -0.05) is 6.92 Å². The number of rotatable bonds is 10. The van der Waals surface area contributed by atoms with Crippen LogP contribution in [0.3, 0.4) is 0 Å². The van der Waals surface area contributed by atoms with E-state index in [1.807, 2.05) is 6.92 Å². The molecule has 0 aromatic carbocycles. The number of fused-ring (bicyclic) bond motifs is 1. The van der Waals surface area contributed by atoms with E-state index in [4.69, 9.17) is 14.2 Å². The molecular weight excluding hydrogens is 482 g/mol. The zero-order valence-electron chi connectivity index (χ0n) is 19.6. The molecule has 2 aromatic rings. The Kier molecular flexibility index (Phi) is 8.67. The van der Waals surface area contributed by atoms with Crippen LogP contribution in [0.4, 0.5) is 5.82 Å². The monoisotopic (exact) mass is 515 g/mol. The molecule has 2 aromatic heterocycles. The largest absolute Gasteiger partial charge is 0.394 e. The molecule has 15 heteroatoms. The van der Waals surface area contributed by atoms with Gasteiger partial charge in [-0.3, -0.25) is 4.57 Å². The fraction of sp³-hybridized carbons (Fsp3) is 0.762. The van der Waals surface area contributed by atoms with Gasteiger partial charge in [0.25, 0.3) is 0 Å². The number of nitrogens with one attached hydrogen (secondary N) is 1. The van der Waals surface area contributed by atoms with Crippen LogP contribution in [0, 0.1) is 5.92 Å². The Labute approximate surface area is 205 Å². The minimum atomic E-state index is -1.49. The predicted molar refractivity (Wildman–Crippen MR) is 120 cm³/mol. The molecule has 0 unspecified atom stereocenters. The first-order chi connectivity index (χ1) is 17.3. The maximum absolute atomic E-state index is 10.3. The van der Waals surface area contributed by atoms with E-state index in [1.165, 1.54) is 17.2 Å². The molecule has 4 heterocycles. The van der Waals surface area contributed by atoms with Crippen molar-refractivity contribution in [3.8, 4) is 0 Å². The second kappa shape index (κ2) is 11.6. The van der Waals surface area contributed by atoms with Crippen molar-refractivity contribution in [2.75, 3.05) is 31.7 Å². The standard InChI is InChI=1S/C21H33N5O10/c1-9(6-34-21-17(33)15(31)13(29)11(5-28)36-21)2-3-22-18-12-19(24-7-23-18)26(8-25-12)20-16(32)14(30)10(4-27)35-20/h7-11,13-17,20-21,27-33H,2-6H2,1H3,(H,22,23,24)/t9-,10-,11+,13+,14-,15-,16-,17+,20-,21+/m1/s1. The van der Waals surface area contributed by atoms with Gasteiger partial charge in [0.15, 0.2) is 29.5 Å². The van der Waals surface area contributed by atoms with Crippen LogP contribution in [-0.2, 0) is 14.2 Å². The summed E-state index contributed by atoms with van der Waals surface area (Å²) >= 11 is 0. The van der Waals surface area contributed by atoms with Gasteiger partial charge in [0.1, 0.15) is 49.1 Å². The Hall–Kier alpha value is -2.05. The van der Waals surface area contributed by atoms with Gasteiger partial charge in [0, 0.05) is 6.54 Å². The van der Waals surface area contributed by atoms with Crippen LogP contribution in [0.15, 0.2) is 12.7 Å². The highest BCUT2D eigenvalue weighted by atomic mass is 16.7. The Morgan fingerprint density at radius 3 is 2.33 bits per heavy atom. The van der Waals surface area contributed by atoms with Crippen LogP contribution in [-0.4, -0.2) is 131 Å². The predicted octanol–water partition coefficient (Wildman–Crippen LogP) is -3.31. The SMILES string of the molecule is C[C@H](CCNc1ncnc2c1ncn2[C@@H]1O[C@H](CO)[C@@H](O)[C@H]1O)CO[C@H]1O[C@@H](CO)[C@H](O)[C@@H](O)[C@@H]1O. The third kappa shape index (κ3) is 5.31. The topological polar surface area (TPSA) is 225 Å². The number of aliphatic hydroxyl groups is 7. The summed E-state index contributed by atoms with van der Waals surface area (Å²) in [5, 5.41) is 71.9. The van der Waals surface area contributed by atoms with E-state index < -0.39 is 68.5 Å². The number of hydrogen-bond donors (Lipinski definition) is 8. The summed E-state index contributed by atoms with van der Waals surface area (Å²) in [7, 11) is 0. The van der Waals surface area contributed by atoms with Crippen molar-refractivity contribution >= 4 is 17.0 Å². The quantitative estimate of drug-likeness (QED) is 0.155. The average molecular weight is 516 g/mol. The number of nitrogens with zero attached hydrogens (tertiary/aromatic N) is 4. The molecule has 8 N–H and O–H groups in total. The first-order valence-corrected chi connectivity index (χ1v) is 11.7. The first kappa shape index (κ1) is 27.0. The molecule has 2 saturated heterocycles. The Morgan fingerprint density at radius 2 is 1.64 bits per heavy atom. The summed E-state index contributed by atoms with van der Waals surface area (Å²) in [6.45, 7) is 1.61. The number of ether oxygens (including phenoxy) is 3. The Balaban J connectivity index is 1.31. The third-order valence-electron chi connectivity index (χ3n) is 6.47. The molecule has 0 bridgehead atoms. The normalized spacial score (nSPS) is 35.8. The average Bonchev–Trinajstić information content (AvgIpc) is 3.43. The molecule has 0 aliphatic carbocycles. The van der Waals surface area contributed by atoms with E-state index in [2.05, 4.69) is 20.3 Å². The van der Waals surface area contributed by atoms with Gasteiger partial charge in [-0.15, -0.1) is 0 Å². The summed E-state index contributed by atoms with van der Waals surface area (Å²) < 4.78 is 18.0. The molecular formula is C21H33N5O10. The van der Waals surface area contributed by atoms with Gasteiger partial charge < -0.3 is 55.3 Å². The van der Waals surface area contributed by atoms with Crippen LogP contribution < -0.4 is 5.32 Å². The molecule has 0 amide bonds. The van der Waals surface area contributed by atoms with Gasteiger partial charge in [-0.25, -0.2) is 15.0 Å². The molecule has 2 fully saturated rings. The van der Waals surface area contributed by atoms with Gasteiger partial charge >= 0.3 is 0 Å². The molecule has 10 atom stereocenters. The molecule has 202 valence electrons. The molecule has 2 aliphatic rings. The molecule has 2 aliphatic heterocycles. The molecule has 4 rings (SSSR count). The summed E-state index contributed by atoms with van der Waals surface area (Å²) in [5.74, 6) is 0.450. The number of anilines is 1. The molecule has 15 nitrogen and oxygen atoms in total. The van der Waals surface area contributed by atoms with Crippen molar-refractivity contribution in [3.63, 3.8) is 0 Å². The molecule has 0 spiro atoms. The van der Waals surface area contributed by atoms with E-state index in [-0.39, 0.29) is 12.5 Å². The van der Waals surface area contributed by atoms with Crippen molar-refractivity contribution in [3.05, 3.63) is 12.7 Å².